The Bertz CT molecular complexity index is 785. The molecule has 1 aromatic carbocycles. The highest BCUT2D eigenvalue weighted by molar-refractivity contribution is 6.03. The van der Waals surface area contributed by atoms with Crippen molar-refractivity contribution in [1.82, 2.24) is 9.13 Å². The molecule has 0 spiro atoms. The SMILES string of the molecule is CCc1ccc(NC(=O)c2cn(C)c(=O)n(C)c2=O)cc1. The van der Waals surface area contributed by atoms with Crippen molar-refractivity contribution in [1.29, 1.82) is 0 Å². The predicted molar refractivity (Wildman–Crippen MR) is 80.7 cm³/mol. The normalized spacial score (nSPS) is 10.4. The fraction of sp³-hybridized carbons (Fsp3) is 0.267. The summed E-state index contributed by atoms with van der Waals surface area (Å²) in [5.41, 5.74) is 0.614. The zero-order valence-corrected chi connectivity index (χ0v) is 12.2. The summed E-state index contributed by atoms with van der Waals surface area (Å²) in [6, 6.07) is 7.38. The Kier molecular flexibility index (Phi) is 4.07. The monoisotopic (exact) mass is 287 g/mol. The van der Waals surface area contributed by atoms with Crippen LogP contribution in [0.5, 0.6) is 0 Å². The van der Waals surface area contributed by atoms with Gasteiger partial charge in [-0.05, 0) is 24.1 Å². The van der Waals surface area contributed by atoms with Crippen LogP contribution in [0.15, 0.2) is 40.1 Å². The Labute approximate surface area is 121 Å². The van der Waals surface area contributed by atoms with Crippen molar-refractivity contribution < 1.29 is 4.79 Å². The van der Waals surface area contributed by atoms with Crippen LogP contribution in [0, 0.1) is 0 Å². The van der Waals surface area contributed by atoms with E-state index in [1.165, 1.54) is 24.9 Å². The fourth-order valence-electron chi connectivity index (χ4n) is 1.99. The summed E-state index contributed by atoms with van der Waals surface area (Å²) in [5, 5.41) is 2.66. The van der Waals surface area contributed by atoms with Gasteiger partial charge in [-0.3, -0.25) is 14.2 Å². The van der Waals surface area contributed by atoms with Crippen LogP contribution in [-0.4, -0.2) is 15.0 Å². The molecule has 0 aliphatic heterocycles. The lowest BCUT2D eigenvalue weighted by atomic mass is 10.1. The first-order chi connectivity index (χ1) is 9.93. The minimum absolute atomic E-state index is 0.0702. The van der Waals surface area contributed by atoms with E-state index in [1.807, 2.05) is 19.1 Å². The van der Waals surface area contributed by atoms with Gasteiger partial charge in [0, 0.05) is 26.0 Å². The average Bonchev–Trinajstić information content (AvgIpc) is 2.49. The number of carbonyl (C=O) groups excluding carboxylic acids is 1. The number of nitrogens with one attached hydrogen (secondary N) is 1. The number of benzene rings is 1. The van der Waals surface area contributed by atoms with Crippen LogP contribution in [0.1, 0.15) is 22.8 Å². The second-order valence-electron chi connectivity index (χ2n) is 4.81. The molecule has 0 saturated carbocycles. The van der Waals surface area contributed by atoms with Crippen LogP contribution in [0.4, 0.5) is 5.69 Å². The minimum Gasteiger partial charge on any atom is -0.322 e. The van der Waals surface area contributed by atoms with Crippen LogP contribution >= 0.6 is 0 Å². The molecule has 2 aromatic rings. The third-order valence-corrected chi connectivity index (χ3v) is 3.31. The van der Waals surface area contributed by atoms with Crippen molar-refractivity contribution >= 4 is 11.6 Å². The molecule has 0 saturated heterocycles. The summed E-state index contributed by atoms with van der Waals surface area (Å²) in [6.45, 7) is 2.04. The molecule has 1 N–H and O–H groups in total. The van der Waals surface area contributed by atoms with E-state index < -0.39 is 17.2 Å². The molecule has 1 aromatic heterocycles. The van der Waals surface area contributed by atoms with Gasteiger partial charge >= 0.3 is 5.69 Å². The molecule has 0 aliphatic rings. The van der Waals surface area contributed by atoms with Crippen LogP contribution in [-0.2, 0) is 20.5 Å². The molecule has 6 nitrogen and oxygen atoms in total. The molecule has 6 heteroatoms. The van der Waals surface area contributed by atoms with Gasteiger partial charge in [0.15, 0.2) is 0 Å². The number of hydrogen-bond donors (Lipinski definition) is 1. The summed E-state index contributed by atoms with van der Waals surface area (Å²) in [7, 11) is 2.84. The van der Waals surface area contributed by atoms with E-state index in [0.717, 1.165) is 16.6 Å². The Hall–Kier alpha value is -2.63. The van der Waals surface area contributed by atoms with Gasteiger partial charge in [-0.1, -0.05) is 19.1 Å². The third kappa shape index (κ3) is 2.94. The van der Waals surface area contributed by atoms with Gasteiger partial charge in [0.2, 0.25) is 0 Å². The highest BCUT2D eigenvalue weighted by Gasteiger charge is 2.14. The lowest BCUT2D eigenvalue weighted by Gasteiger charge is -2.08. The molecule has 0 aliphatic carbocycles. The lowest BCUT2D eigenvalue weighted by Crippen LogP contribution is -2.40. The van der Waals surface area contributed by atoms with E-state index in [4.69, 9.17) is 0 Å². The summed E-state index contributed by atoms with van der Waals surface area (Å²) in [4.78, 5) is 35.7. The highest BCUT2D eigenvalue weighted by Crippen LogP contribution is 2.10. The zero-order valence-electron chi connectivity index (χ0n) is 12.2. The molecule has 110 valence electrons. The largest absolute Gasteiger partial charge is 0.330 e. The summed E-state index contributed by atoms with van der Waals surface area (Å²) in [5.74, 6) is -0.532. The van der Waals surface area contributed by atoms with Crippen molar-refractivity contribution in [2.24, 2.45) is 14.1 Å². The van der Waals surface area contributed by atoms with Crippen LogP contribution in [0.3, 0.4) is 0 Å². The van der Waals surface area contributed by atoms with Gasteiger partial charge in [0.1, 0.15) is 5.56 Å². The maximum atomic E-state index is 12.2. The van der Waals surface area contributed by atoms with Crippen molar-refractivity contribution in [2.75, 3.05) is 5.32 Å². The Balaban J connectivity index is 2.32. The average molecular weight is 287 g/mol. The van der Waals surface area contributed by atoms with E-state index in [2.05, 4.69) is 5.32 Å². The van der Waals surface area contributed by atoms with Crippen LogP contribution in [0.2, 0.25) is 0 Å². The van der Waals surface area contributed by atoms with Gasteiger partial charge in [0.25, 0.3) is 11.5 Å². The molecule has 2 rings (SSSR count). The van der Waals surface area contributed by atoms with Crippen molar-refractivity contribution in [3.63, 3.8) is 0 Å². The molecule has 1 amide bonds. The van der Waals surface area contributed by atoms with Gasteiger partial charge in [-0.25, -0.2) is 4.79 Å². The summed E-state index contributed by atoms with van der Waals surface area (Å²) < 4.78 is 2.12. The standard InChI is InChI=1S/C15H17N3O3/c1-4-10-5-7-11(8-6-10)16-13(19)12-9-17(2)15(21)18(3)14(12)20/h5-9H,4H2,1-3H3,(H,16,19). The molecule has 21 heavy (non-hydrogen) atoms. The van der Waals surface area contributed by atoms with Crippen LogP contribution in [0.25, 0.3) is 0 Å². The number of rotatable bonds is 3. The van der Waals surface area contributed by atoms with Crippen molar-refractivity contribution in [3.8, 4) is 0 Å². The van der Waals surface area contributed by atoms with E-state index in [9.17, 15) is 14.4 Å². The highest BCUT2D eigenvalue weighted by atomic mass is 16.2. The first-order valence-electron chi connectivity index (χ1n) is 6.61. The molecule has 1 heterocycles. The first-order valence-corrected chi connectivity index (χ1v) is 6.61. The molecule has 0 radical (unpaired) electrons. The summed E-state index contributed by atoms with van der Waals surface area (Å²) in [6.07, 6.45) is 2.16. The number of carbonyl (C=O) groups is 1. The van der Waals surface area contributed by atoms with Crippen molar-refractivity contribution in [3.05, 3.63) is 62.4 Å². The number of amides is 1. The number of aromatic nitrogens is 2. The number of nitrogens with zero attached hydrogens (tertiary/aromatic N) is 2. The topological polar surface area (TPSA) is 73.1 Å². The molecule has 0 unspecified atom stereocenters. The third-order valence-electron chi connectivity index (χ3n) is 3.31. The summed E-state index contributed by atoms with van der Waals surface area (Å²) >= 11 is 0. The van der Waals surface area contributed by atoms with E-state index in [1.54, 1.807) is 12.1 Å². The Morgan fingerprint density at radius 2 is 1.76 bits per heavy atom. The predicted octanol–water partition coefficient (Wildman–Crippen LogP) is 0.899. The van der Waals surface area contributed by atoms with Gasteiger partial charge in [-0.15, -0.1) is 0 Å². The van der Waals surface area contributed by atoms with E-state index >= 15 is 0 Å². The second-order valence-corrected chi connectivity index (χ2v) is 4.81. The maximum absolute atomic E-state index is 12.2. The number of hydrogen-bond acceptors (Lipinski definition) is 3. The van der Waals surface area contributed by atoms with Gasteiger partial charge in [-0.2, -0.15) is 0 Å². The number of anilines is 1. The lowest BCUT2D eigenvalue weighted by molar-refractivity contribution is 0.102. The molecular formula is C15H17N3O3. The zero-order chi connectivity index (χ0) is 15.6. The second kappa shape index (κ2) is 5.78. The van der Waals surface area contributed by atoms with Gasteiger partial charge < -0.3 is 9.88 Å². The first kappa shape index (κ1) is 14.8. The Morgan fingerprint density at radius 1 is 1.14 bits per heavy atom. The molecule has 0 atom stereocenters. The number of aryl methyl sites for hydroxylation is 2. The molecule has 0 bridgehead atoms. The van der Waals surface area contributed by atoms with E-state index in [-0.39, 0.29) is 5.56 Å². The quantitative estimate of drug-likeness (QED) is 0.911. The smallest absolute Gasteiger partial charge is 0.322 e. The minimum atomic E-state index is -0.610. The molecular weight excluding hydrogens is 270 g/mol. The maximum Gasteiger partial charge on any atom is 0.330 e. The van der Waals surface area contributed by atoms with E-state index in [0.29, 0.717) is 5.69 Å². The fourth-order valence-corrected chi connectivity index (χ4v) is 1.99. The van der Waals surface area contributed by atoms with Crippen molar-refractivity contribution in [2.45, 2.75) is 13.3 Å². The Morgan fingerprint density at radius 3 is 2.33 bits per heavy atom. The molecule has 0 fully saturated rings. The van der Waals surface area contributed by atoms with Crippen LogP contribution < -0.4 is 16.6 Å². The van der Waals surface area contributed by atoms with Gasteiger partial charge in [0.05, 0.1) is 0 Å².